The second kappa shape index (κ2) is 15.1. The largest absolute Gasteiger partial charge is 0.508 e. The average Bonchev–Trinajstić information content (AvgIpc) is 2.94. The van der Waals surface area contributed by atoms with E-state index in [9.17, 15) is 15.0 Å². The van der Waals surface area contributed by atoms with Crippen LogP contribution in [0.25, 0.3) is 0 Å². The number of phenols is 1. The number of nitrogens with one attached hydrogen (secondary N) is 2. The number of hydrogen-bond donors (Lipinski definition) is 4. The number of aromatic hydroxyl groups is 1. The summed E-state index contributed by atoms with van der Waals surface area (Å²) in [7, 11) is -2.12. The molecule has 0 aliphatic carbocycles. The minimum atomic E-state index is -2.12. The van der Waals surface area contributed by atoms with Gasteiger partial charge in [-0.2, -0.15) is 0 Å². The van der Waals surface area contributed by atoms with Crippen molar-refractivity contribution in [3.05, 3.63) is 98.5 Å². The van der Waals surface area contributed by atoms with Crippen molar-refractivity contribution in [3.63, 3.8) is 0 Å². The van der Waals surface area contributed by atoms with Crippen molar-refractivity contribution >= 4 is 37.4 Å². The number of hydrogen-bond acceptors (Lipinski definition) is 5. The maximum atomic E-state index is 13.0. The maximum absolute atomic E-state index is 13.0. The predicted molar refractivity (Wildman–Crippen MR) is 179 cm³/mol. The molecule has 3 rings (SSSR count). The van der Waals surface area contributed by atoms with Crippen LogP contribution in [0.1, 0.15) is 74.5 Å². The van der Waals surface area contributed by atoms with Crippen LogP contribution in [0.5, 0.6) is 5.75 Å². The molecular weight excluding hydrogens is 599 g/mol. The van der Waals surface area contributed by atoms with Gasteiger partial charge in [0.05, 0.1) is 18.6 Å². The van der Waals surface area contributed by atoms with Crippen LogP contribution in [0.3, 0.4) is 0 Å². The number of benzene rings is 3. The Balaban J connectivity index is 1.67. The highest BCUT2D eigenvalue weighted by Gasteiger charge is 2.39. The highest BCUT2D eigenvalue weighted by atomic mass is 35.5. The molecule has 43 heavy (non-hydrogen) atoms. The van der Waals surface area contributed by atoms with E-state index in [0.29, 0.717) is 27.7 Å². The number of amides is 1. The molecule has 234 valence electrons. The van der Waals surface area contributed by atoms with E-state index in [4.69, 9.17) is 27.6 Å². The second-order valence-electron chi connectivity index (χ2n) is 12.8. The molecule has 1 amide bonds. The summed E-state index contributed by atoms with van der Waals surface area (Å²) in [6, 6.07) is 18.9. The van der Waals surface area contributed by atoms with Crippen molar-refractivity contribution in [2.75, 3.05) is 6.54 Å². The number of carbonyl (C=O) groups excluding carboxylic acids is 1. The molecule has 0 fully saturated rings. The van der Waals surface area contributed by atoms with Gasteiger partial charge in [0, 0.05) is 40.3 Å². The van der Waals surface area contributed by atoms with Gasteiger partial charge in [-0.25, -0.2) is 0 Å². The van der Waals surface area contributed by atoms with Gasteiger partial charge >= 0.3 is 0 Å². The summed E-state index contributed by atoms with van der Waals surface area (Å²) in [6.07, 6.45) is 0.526. The van der Waals surface area contributed by atoms with E-state index >= 15 is 0 Å². The van der Waals surface area contributed by atoms with Crippen LogP contribution >= 0.6 is 23.2 Å². The van der Waals surface area contributed by atoms with Gasteiger partial charge < -0.3 is 25.3 Å². The molecule has 9 heteroatoms. The van der Waals surface area contributed by atoms with Gasteiger partial charge in [0.2, 0.25) is 5.91 Å². The van der Waals surface area contributed by atoms with Crippen molar-refractivity contribution in [1.29, 1.82) is 0 Å². The first-order valence-corrected chi connectivity index (χ1v) is 18.4. The Morgan fingerprint density at radius 1 is 0.977 bits per heavy atom. The highest BCUT2D eigenvalue weighted by Crippen LogP contribution is 2.40. The Morgan fingerprint density at radius 2 is 1.63 bits per heavy atom. The zero-order valence-electron chi connectivity index (χ0n) is 26.3. The number of aliphatic hydroxyl groups excluding tert-OH is 1. The predicted octanol–water partition coefficient (Wildman–Crippen LogP) is 7.89. The molecule has 0 aliphatic heterocycles. The average molecular weight is 646 g/mol. The number of aliphatic hydroxyl groups is 1. The fourth-order valence-corrected chi connectivity index (χ4v) is 6.41. The molecule has 0 bridgehead atoms. The van der Waals surface area contributed by atoms with E-state index in [-0.39, 0.29) is 47.9 Å². The van der Waals surface area contributed by atoms with Crippen LogP contribution in [0.2, 0.25) is 28.2 Å². The van der Waals surface area contributed by atoms with Gasteiger partial charge in [-0.15, -0.1) is 0 Å². The minimum Gasteiger partial charge on any atom is -0.508 e. The zero-order valence-corrected chi connectivity index (χ0v) is 28.8. The smallest absolute Gasteiger partial charge is 0.227 e. The van der Waals surface area contributed by atoms with E-state index in [1.165, 1.54) is 0 Å². The van der Waals surface area contributed by atoms with E-state index in [0.717, 1.165) is 23.1 Å². The quantitative estimate of drug-likeness (QED) is 0.142. The number of halogens is 2. The molecule has 0 heterocycles. The fraction of sp³-hybridized carbons (Fsp3) is 0.441. The van der Waals surface area contributed by atoms with Crippen molar-refractivity contribution < 1.29 is 19.4 Å². The Bertz CT molecular complexity index is 1370. The lowest BCUT2D eigenvalue weighted by atomic mass is 9.96. The Kier molecular flexibility index (Phi) is 12.3. The number of rotatable bonds is 13. The van der Waals surface area contributed by atoms with Gasteiger partial charge in [0.15, 0.2) is 8.32 Å². The van der Waals surface area contributed by atoms with E-state index in [1.54, 1.807) is 24.3 Å². The summed E-state index contributed by atoms with van der Waals surface area (Å²) < 4.78 is 6.83. The monoisotopic (exact) mass is 644 g/mol. The lowest BCUT2D eigenvalue weighted by Crippen LogP contribution is -2.44. The third-order valence-corrected chi connectivity index (χ3v) is 13.6. The molecule has 0 aliphatic rings. The lowest BCUT2D eigenvalue weighted by molar-refractivity contribution is -0.122. The molecule has 0 saturated heterocycles. The van der Waals surface area contributed by atoms with Crippen LogP contribution in [0, 0.1) is 0 Å². The molecule has 0 saturated carbocycles. The molecule has 4 N–H and O–H groups in total. The topological polar surface area (TPSA) is 90.8 Å². The van der Waals surface area contributed by atoms with Crippen LogP contribution in [0.15, 0.2) is 60.7 Å². The van der Waals surface area contributed by atoms with Crippen molar-refractivity contribution in [3.8, 4) is 5.75 Å². The molecule has 0 spiro atoms. The SMILES string of the molecule is CC(C(=O)NCc1c(Cl)cccc1Cl)c1cccc(C[C@@H](C)NC[C@@H](O[Si](C)(C)C(C)(C)C)c2ccc(O)c(CO)c2)c1. The van der Waals surface area contributed by atoms with E-state index in [1.807, 2.05) is 31.2 Å². The summed E-state index contributed by atoms with van der Waals surface area (Å²) in [6.45, 7) is 15.7. The van der Waals surface area contributed by atoms with Crippen LogP contribution < -0.4 is 10.6 Å². The Morgan fingerprint density at radius 3 is 2.26 bits per heavy atom. The highest BCUT2D eigenvalue weighted by molar-refractivity contribution is 6.74. The molecule has 1 unspecified atom stereocenters. The van der Waals surface area contributed by atoms with Gasteiger partial charge in [-0.3, -0.25) is 4.79 Å². The summed E-state index contributed by atoms with van der Waals surface area (Å²) in [5.41, 5.74) is 4.17. The third kappa shape index (κ3) is 9.54. The van der Waals surface area contributed by atoms with Gasteiger partial charge in [0.25, 0.3) is 0 Å². The fourth-order valence-electron chi connectivity index (χ4n) is 4.60. The van der Waals surface area contributed by atoms with Crippen molar-refractivity contribution in [2.24, 2.45) is 0 Å². The first-order valence-electron chi connectivity index (χ1n) is 14.8. The van der Waals surface area contributed by atoms with E-state index in [2.05, 4.69) is 63.6 Å². The molecule has 0 radical (unpaired) electrons. The van der Waals surface area contributed by atoms with Crippen molar-refractivity contribution in [2.45, 2.75) is 90.4 Å². The molecule has 3 aromatic rings. The third-order valence-electron chi connectivity index (χ3n) is 8.43. The van der Waals surface area contributed by atoms with Gasteiger partial charge in [-0.05, 0) is 79.4 Å². The van der Waals surface area contributed by atoms with Crippen LogP contribution in [-0.2, 0) is 28.8 Å². The summed E-state index contributed by atoms with van der Waals surface area (Å²) in [5.74, 6) is -0.364. The summed E-state index contributed by atoms with van der Waals surface area (Å²) in [5, 5.41) is 27.5. The zero-order chi connectivity index (χ0) is 31.9. The van der Waals surface area contributed by atoms with Crippen LogP contribution in [-0.4, -0.2) is 37.0 Å². The number of carbonyl (C=O) groups is 1. The molecule has 0 aromatic heterocycles. The standard InChI is InChI=1S/C34H46Cl2N2O4Si/c1-22(37-20-32(42-43(6,7)34(3,4)5)26-14-15-31(40)27(18-26)21-39)16-24-10-8-11-25(17-24)23(2)33(41)38-19-28-29(35)12-9-13-30(28)36/h8-15,17-18,22-23,32,37,39-40H,16,19-21H2,1-7H3,(H,38,41)/t22-,23?,32-/m1/s1. The molecule has 6 nitrogen and oxygen atoms in total. The summed E-state index contributed by atoms with van der Waals surface area (Å²) >= 11 is 12.5. The molecule has 3 aromatic carbocycles. The first kappa shape index (κ1) is 35.1. The van der Waals surface area contributed by atoms with Gasteiger partial charge in [-0.1, -0.05) is 80.4 Å². The van der Waals surface area contributed by atoms with Crippen LogP contribution in [0.4, 0.5) is 0 Å². The lowest BCUT2D eigenvalue weighted by Gasteiger charge is -2.40. The van der Waals surface area contributed by atoms with E-state index < -0.39 is 8.32 Å². The Labute approximate surface area is 267 Å². The molecule has 3 atom stereocenters. The second-order valence-corrected chi connectivity index (χ2v) is 18.4. The Hall–Kier alpha value is -2.39. The van der Waals surface area contributed by atoms with Gasteiger partial charge in [0.1, 0.15) is 5.75 Å². The normalized spacial score (nSPS) is 14.3. The first-order chi connectivity index (χ1) is 20.1. The minimum absolute atomic E-state index is 0.0244. The molecular formula is C34H46Cl2N2O4Si. The van der Waals surface area contributed by atoms with Crippen molar-refractivity contribution in [1.82, 2.24) is 10.6 Å². The maximum Gasteiger partial charge on any atom is 0.227 e. The summed E-state index contributed by atoms with van der Waals surface area (Å²) in [4.78, 5) is 13.0.